The van der Waals surface area contributed by atoms with Crippen LogP contribution in [0.25, 0.3) is 0 Å². The Hall–Kier alpha value is -0.700. The van der Waals surface area contributed by atoms with E-state index in [1.807, 2.05) is 0 Å². The monoisotopic (exact) mass is 185 g/mol. The first-order valence-electron chi connectivity index (χ1n) is 3.92. The second kappa shape index (κ2) is 4.36. The van der Waals surface area contributed by atoms with Crippen molar-refractivity contribution in [2.75, 3.05) is 11.5 Å². The van der Waals surface area contributed by atoms with E-state index < -0.39 is 0 Å². The highest BCUT2D eigenvalue weighted by atomic mass is 32.2. The third-order valence-corrected chi connectivity index (χ3v) is 2.67. The third-order valence-electron chi connectivity index (χ3n) is 1.42. The quantitative estimate of drug-likeness (QED) is 0.578. The SMILES string of the molecule is CCCSc1ccc(N)cc1F. The van der Waals surface area contributed by atoms with Gasteiger partial charge in [-0.05, 0) is 30.4 Å². The van der Waals surface area contributed by atoms with E-state index in [0.29, 0.717) is 10.6 Å². The Labute approximate surface area is 76.2 Å². The summed E-state index contributed by atoms with van der Waals surface area (Å²) in [7, 11) is 0. The minimum Gasteiger partial charge on any atom is -0.399 e. The number of hydrogen-bond donors (Lipinski definition) is 1. The Bertz CT molecular complexity index is 263. The van der Waals surface area contributed by atoms with Crippen molar-refractivity contribution < 1.29 is 4.39 Å². The van der Waals surface area contributed by atoms with Gasteiger partial charge in [0.25, 0.3) is 0 Å². The molecule has 0 saturated heterocycles. The van der Waals surface area contributed by atoms with E-state index in [1.165, 1.54) is 17.8 Å². The van der Waals surface area contributed by atoms with Crippen molar-refractivity contribution in [3.05, 3.63) is 24.0 Å². The van der Waals surface area contributed by atoms with Gasteiger partial charge in [0.2, 0.25) is 0 Å². The van der Waals surface area contributed by atoms with Gasteiger partial charge in [-0.25, -0.2) is 4.39 Å². The summed E-state index contributed by atoms with van der Waals surface area (Å²) in [4.78, 5) is 0.686. The van der Waals surface area contributed by atoms with Crippen molar-refractivity contribution in [3.63, 3.8) is 0 Å². The summed E-state index contributed by atoms with van der Waals surface area (Å²) in [5.74, 6) is 0.731. The fourth-order valence-electron chi connectivity index (χ4n) is 0.846. The lowest BCUT2D eigenvalue weighted by atomic mass is 10.3. The number of halogens is 1. The molecule has 0 aliphatic carbocycles. The summed E-state index contributed by atoms with van der Waals surface area (Å²) in [6.07, 6.45) is 1.05. The molecule has 0 spiro atoms. The molecule has 0 bridgehead atoms. The molecule has 0 atom stereocenters. The number of thioether (sulfide) groups is 1. The van der Waals surface area contributed by atoms with E-state index in [0.717, 1.165) is 12.2 Å². The minimum atomic E-state index is -0.214. The Morgan fingerprint density at radius 2 is 2.25 bits per heavy atom. The second-order valence-electron chi connectivity index (χ2n) is 2.54. The Morgan fingerprint density at radius 3 is 2.83 bits per heavy atom. The molecule has 66 valence electrons. The molecular weight excluding hydrogens is 173 g/mol. The molecule has 0 saturated carbocycles. The lowest BCUT2D eigenvalue weighted by Crippen LogP contribution is -1.88. The standard InChI is InChI=1S/C9H12FNS/c1-2-5-12-9-4-3-7(11)6-8(9)10/h3-4,6H,2,5,11H2,1H3. The molecule has 1 aromatic carbocycles. The summed E-state index contributed by atoms with van der Waals surface area (Å²) in [6, 6.07) is 4.81. The smallest absolute Gasteiger partial charge is 0.138 e. The lowest BCUT2D eigenvalue weighted by Gasteiger charge is -2.01. The van der Waals surface area contributed by atoms with Crippen molar-refractivity contribution in [2.24, 2.45) is 0 Å². The fourth-order valence-corrected chi connectivity index (χ4v) is 1.63. The number of rotatable bonds is 3. The molecular formula is C9H12FNS. The molecule has 1 nitrogen and oxygen atoms in total. The zero-order valence-electron chi connectivity index (χ0n) is 7.01. The van der Waals surface area contributed by atoms with Crippen LogP contribution in [0, 0.1) is 5.82 Å². The van der Waals surface area contributed by atoms with Crippen LogP contribution in [0.5, 0.6) is 0 Å². The number of anilines is 1. The molecule has 2 N–H and O–H groups in total. The molecule has 3 heteroatoms. The summed E-state index contributed by atoms with van der Waals surface area (Å²) < 4.78 is 13.1. The topological polar surface area (TPSA) is 26.0 Å². The van der Waals surface area contributed by atoms with Crippen molar-refractivity contribution in [2.45, 2.75) is 18.2 Å². The molecule has 12 heavy (non-hydrogen) atoms. The van der Waals surface area contributed by atoms with Gasteiger partial charge >= 0.3 is 0 Å². The van der Waals surface area contributed by atoms with E-state index >= 15 is 0 Å². The molecule has 1 aromatic rings. The van der Waals surface area contributed by atoms with Gasteiger partial charge < -0.3 is 5.73 Å². The molecule has 0 aliphatic heterocycles. The molecule has 0 radical (unpaired) electrons. The first-order valence-corrected chi connectivity index (χ1v) is 4.90. The normalized spacial score (nSPS) is 10.2. The predicted molar refractivity (Wildman–Crippen MR) is 51.8 cm³/mol. The van der Waals surface area contributed by atoms with Crippen LogP contribution >= 0.6 is 11.8 Å². The largest absolute Gasteiger partial charge is 0.399 e. The summed E-state index contributed by atoms with van der Waals surface area (Å²) in [5.41, 5.74) is 5.89. The zero-order chi connectivity index (χ0) is 8.97. The zero-order valence-corrected chi connectivity index (χ0v) is 7.83. The van der Waals surface area contributed by atoms with E-state index in [-0.39, 0.29) is 5.82 Å². The van der Waals surface area contributed by atoms with Crippen LogP contribution in [-0.2, 0) is 0 Å². The second-order valence-corrected chi connectivity index (χ2v) is 3.68. The van der Waals surface area contributed by atoms with Crippen molar-refractivity contribution >= 4 is 17.4 Å². The lowest BCUT2D eigenvalue weighted by molar-refractivity contribution is 0.602. The van der Waals surface area contributed by atoms with E-state index in [1.54, 1.807) is 12.1 Å². The summed E-state index contributed by atoms with van der Waals surface area (Å²) in [6.45, 7) is 2.07. The highest BCUT2D eigenvalue weighted by molar-refractivity contribution is 7.99. The Morgan fingerprint density at radius 1 is 1.50 bits per heavy atom. The molecule has 0 unspecified atom stereocenters. The van der Waals surface area contributed by atoms with E-state index in [4.69, 9.17) is 5.73 Å². The van der Waals surface area contributed by atoms with Crippen LogP contribution < -0.4 is 5.73 Å². The number of benzene rings is 1. The maximum absolute atomic E-state index is 13.1. The molecule has 0 heterocycles. The minimum absolute atomic E-state index is 0.214. The molecule has 0 aliphatic rings. The van der Waals surface area contributed by atoms with Crippen molar-refractivity contribution in [3.8, 4) is 0 Å². The molecule has 1 rings (SSSR count). The van der Waals surface area contributed by atoms with Gasteiger partial charge in [0.1, 0.15) is 5.82 Å². The third kappa shape index (κ3) is 2.41. The van der Waals surface area contributed by atoms with Crippen LogP contribution in [0.4, 0.5) is 10.1 Å². The number of hydrogen-bond acceptors (Lipinski definition) is 2. The van der Waals surface area contributed by atoms with Crippen LogP contribution in [0.2, 0.25) is 0 Å². The van der Waals surface area contributed by atoms with Gasteiger partial charge in [0.15, 0.2) is 0 Å². The average molecular weight is 185 g/mol. The van der Waals surface area contributed by atoms with Crippen LogP contribution in [0.1, 0.15) is 13.3 Å². The number of nitrogens with two attached hydrogens (primary N) is 1. The van der Waals surface area contributed by atoms with Gasteiger partial charge in [0, 0.05) is 10.6 Å². The summed E-state index contributed by atoms with van der Waals surface area (Å²) in [5, 5.41) is 0. The number of nitrogen functional groups attached to an aromatic ring is 1. The van der Waals surface area contributed by atoms with Gasteiger partial charge in [-0.15, -0.1) is 11.8 Å². The summed E-state index contributed by atoms with van der Waals surface area (Å²) >= 11 is 1.53. The van der Waals surface area contributed by atoms with Gasteiger partial charge in [-0.2, -0.15) is 0 Å². The van der Waals surface area contributed by atoms with E-state index in [2.05, 4.69) is 6.92 Å². The van der Waals surface area contributed by atoms with Crippen LogP contribution in [-0.4, -0.2) is 5.75 Å². The predicted octanol–water partition coefficient (Wildman–Crippen LogP) is 2.91. The van der Waals surface area contributed by atoms with E-state index in [9.17, 15) is 4.39 Å². The van der Waals surface area contributed by atoms with Gasteiger partial charge in [-0.3, -0.25) is 0 Å². The van der Waals surface area contributed by atoms with Crippen LogP contribution in [0.3, 0.4) is 0 Å². The molecule has 0 aromatic heterocycles. The highest BCUT2D eigenvalue weighted by Crippen LogP contribution is 2.23. The Balaban J connectivity index is 2.72. The van der Waals surface area contributed by atoms with Crippen molar-refractivity contribution in [1.29, 1.82) is 0 Å². The average Bonchev–Trinajstić information content (AvgIpc) is 2.03. The highest BCUT2D eigenvalue weighted by Gasteiger charge is 2.01. The van der Waals surface area contributed by atoms with Gasteiger partial charge in [-0.1, -0.05) is 6.92 Å². The van der Waals surface area contributed by atoms with Gasteiger partial charge in [0.05, 0.1) is 0 Å². The van der Waals surface area contributed by atoms with Crippen molar-refractivity contribution in [1.82, 2.24) is 0 Å². The van der Waals surface area contributed by atoms with Crippen LogP contribution in [0.15, 0.2) is 23.1 Å². The molecule has 0 amide bonds. The maximum atomic E-state index is 13.1. The fraction of sp³-hybridized carbons (Fsp3) is 0.333. The Kier molecular flexibility index (Phi) is 3.41. The molecule has 0 fully saturated rings. The first kappa shape index (κ1) is 9.39. The first-order chi connectivity index (χ1) is 5.74. The maximum Gasteiger partial charge on any atom is 0.138 e.